The van der Waals surface area contributed by atoms with Crippen LogP contribution in [0.25, 0.3) is 0 Å². The molecule has 0 bridgehead atoms. The lowest BCUT2D eigenvalue weighted by Crippen LogP contribution is -2.45. The van der Waals surface area contributed by atoms with Crippen LogP contribution in [0.3, 0.4) is 0 Å². The quantitative estimate of drug-likeness (QED) is 0.281. The van der Waals surface area contributed by atoms with Gasteiger partial charge in [-0.25, -0.2) is 0 Å². The van der Waals surface area contributed by atoms with Crippen LogP contribution in [0, 0.1) is 5.41 Å². The molecule has 1 fully saturated rings. The van der Waals surface area contributed by atoms with Crippen molar-refractivity contribution in [2.75, 3.05) is 55.1 Å². The van der Waals surface area contributed by atoms with E-state index in [1.807, 2.05) is 19.2 Å². The first-order valence-electron chi connectivity index (χ1n) is 10.3. The summed E-state index contributed by atoms with van der Waals surface area (Å²) in [6.07, 6.45) is 6.29. The van der Waals surface area contributed by atoms with Gasteiger partial charge in [0.15, 0.2) is 5.96 Å². The molecule has 1 aromatic rings. The summed E-state index contributed by atoms with van der Waals surface area (Å²) in [5.74, 6) is 1.74. The predicted octanol–water partition coefficient (Wildman–Crippen LogP) is 3.68. The van der Waals surface area contributed by atoms with E-state index in [0.717, 1.165) is 37.8 Å². The van der Waals surface area contributed by atoms with Gasteiger partial charge in [0, 0.05) is 33.9 Å². The highest BCUT2D eigenvalue weighted by molar-refractivity contribution is 14.0. The SMILES string of the molecule is CN=C(NCC(c1ccc(OC)cc1)N(C)C)NCC1(CCOC)CCCC1.I. The zero-order valence-electron chi connectivity index (χ0n) is 18.7. The largest absolute Gasteiger partial charge is 0.497 e. The van der Waals surface area contributed by atoms with Crippen molar-refractivity contribution >= 4 is 29.9 Å². The zero-order chi connectivity index (χ0) is 20.4. The highest BCUT2D eigenvalue weighted by Crippen LogP contribution is 2.40. The molecule has 1 atom stereocenters. The molecule has 0 spiro atoms. The van der Waals surface area contributed by atoms with Gasteiger partial charge < -0.3 is 25.0 Å². The van der Waals surface area contributed by atoms with Crippen molar-refractivity contribution in [1.29, 1.82) is 0 Å². The van der Waals surface area contributed by atoms with Crippen molar-refractivity contribution in [2.45, 2.75) is 38.1 Å². The van der Waals surface area contributed by atoms with Gasteiger partial charge in [0.2, 0.25) is 0 Å². The smallest absolute Gasteiger partial charge is 0.191 e. The van der Waals surface area contributed by atoms with Gasteiger partial charge in [-0.2, -0.15) is 0 Å². The van der Waals surface area contributed by atoms with E-state index >= 15 is 0 Å². The summed E-state index contributed by atoms with van der Waals surface area (Å²) in [7, 11) is 9.52. The van der Waals surface area contributed by atoms with Crippen LogP contribution in [0.2, 0.25) is 0 Å². The maximum Gasteiger partial charge on any atom is 0.191 e. The van der Waals surface area contributed by atoms with E-state index in [4.69, 9.17) is 9.47 Å². The molecule has 1 unspecified atom stereocenters. The van der Waals surface area contributed by atoms with Gasteiger partial charge in [-0.1, -0.05) is 25.0 Å². The average Bonchev–Trinajstić information content (AvgIpc) is 3.18. The summed E-state index contributed by atoms with van der Waals surface area (Å²) < 4.78 is 10.6. The Morgan fingerprint density at radius 2 is 1.79 bits per heavy atom. The van der Waals surface area contributed by atoms with Crippen LogP contribution in [0.5, 0.6) is 5.75 Å². The third-order valence-electron chi connectivity index (χ3n) is 5.94. The minimum atomic E-state index is 0. The third-order valence-corrected chi connectivity index (χ3v) is 5.94. The molecule has 2 N–H and O–H groups in total. The number of ether oxygens (including phenoxy) is 2. The number of hydrogen-bond acceptors (Lipinski definition) is 4. The van der Waals surface area contributed by atoms with E-state index in [9.17, 15) is 0 Å². The summed E-state index contributed by atoms with van der Waals surface area (Å²) in [5.41, 5.74) is 1.59. The van der Waals surface area contributed by atoms with E-state index in [-0.39, 0.29) is 30.0 Å². The number of guanidine groups is 1. The molecule has 0 aliphatic heterocycles. The van der Waals surface area contributed by atoms with Gasteiger partial charge in [-0.15, -0.1) is 24.0 Å². The second-order valence-corrected chi connectivity index (χ2v) is 8.01. The summed E-state index contributed by atoms with van der Waals surface area (Å²) >= 11 is 0. The van der Waals surface area contributed by atoms with Crippen LogP contribution in [-0.4, -0.2) is 65.9 Å². The van der Waals surface area contributed by atoms with Crippen LogP contribution in [0.15, 0.2) is 29.3 Å². The van der Waals surface area contributed by atoms with Gasteiger partial charge in [0.05, 0.1) is 13.2 Å². The number of nitrogens with one attached hydrogen (secondary N) is 2. The molecular weight excluding hydrogens is 479 g/mol. The van der Waals surface area contributed by atoms with Gasteiger partial charge in [-0.05, 0) is 56.5 Å². The Bertz CT molecular complexity index is 601. The molecule has 29 heavy (non-hydrogen) atoms. The molecule has 1 aromatic carbocycles. The molecule has 0 radical (unpaired) electrons. The number of halogens is 1. The fourth-order valence-electron chi connectivity index (χ4n) is 4.07. The van der Waals surface area contributed by atoms with Crippen molar-refractivity contribution in [3.63, 3.8) is 0 Å². The third kappa shape index (κ3) is 7.94. The molecule has 0 aromatic heterocycles. The second-order valence-electron chi connectivity index (χ2n) is 8.01. The normalized spacial score (nSPS) is 17.0. The Hall–Kier alpha value is -1.06. The Kier molecular flexibility index (Phi) is 11.9. The fourth-order valence-corrected chi connectivity index (χ4v) is 4.07. The van der Waals surface area contributed by atoms with Gasteiger partial charge >= 0.3 is 0 Å². The number of benzene rings is 1. The molecule has 0 heterocycles. The van der Waals surface area contributed by atoms with E-state index in [1.165, 1.54) is 31.2 Å². The number of aliphatic imine (C=N–C) groups is 1. The first-order chi connectivity index (χ1) is 13.5. The second kappa shape index (κ2) is 13.3. The highest BCUT2D eigenvalue weighted by Gasteiger charge is 2.33. The molecule has 2 rings (SSSR count). The van der Waals surface area contributed by atoms with E-state index in [2.05, 4.69) is 46.8 Å². The molecule has 0 amide bonds. The molecule has 1 saturated carbocycles. The first-order valence-corrected chi connectivity index (χ1v) is 10.3. The molecule has 6 nitrogen and oxygen atoms in total. The topological polar surface area (TPSA) is 58.1 Å². The number of hydrogen-bond donors (Lipinski definition) is 2. The monoisotopic (exact) mass is 518 g/mol. The van der Waals surface area contributed by atoms with E-state index in [0.29, 0.717) is 5.41 Å². The zero-order valence-corrected chi connectivity index (χ0v) is 21.0. The lowest BCUT2D eigenvalue weighted by molar-refractivity contribution is 0.138. The maximum absolute atomic E-state index is 5.34. The van der Waals surface area contributed by atoms with Crippen LogP contribution in [0.1, 0.15) is 43.7 Å². The van der Waals surface area contributed by atoms with Crippen molar-refractivity contribution in [1.82, 2.24) is 15.5 Å². The Labute approximate surface area is 193 Å². The first kappa shape index (κ1) is 26.0. The van der Waals surface area contributed by atoms with Gasteiger partial charge in [0.1, 0.15) is 5.75 Å². The standard InChI is InChI=1S/C22H38N4O2.HI/c1-23-21(25-17-22(14-15-27-4)12-6-7-13-22)24-16-20(26(2)3)18-8-10-19(28-5)11-9-18;/h8-11,20H,6-7,12-17H2,1-5H3,(H2,23,24,25);1H. The number of rotatable bonds is 10. The highest BCUT2D eigenvalue weighted by atomic mass is 127. The lowest BCUT2D eigenvalue weighted by Gasteiger charge is -2.31. The minimum absolute atomic E-state index is 0. The fraction of sp³-hybridized carbons (Fsp3) is 0.682. The number of methoxy groups -OCH3 is 2. The molecular formula is C22H39IN4O2. The summed E-state index contributed by atoms with van der Waals surface area (Å²) in [4.78, 5) is 6.66. The van der Waals surface area contributed by atoms with Crippen molar-refractivity contribution in [3.05, 3.63) is 29.8 Å². The molecule has 166 valence electrons. The van der Waals surface area contributed by atoms with E-state index in [1.54, 1.807) is 14.2 Å². The van der Waals surface area contributed by atoms with E-state index < -0.39 is 0 Å². The minimum Gasteiger partial charge on any atom is -0.497 e. The lowest BCUT2D eigenvalue weighted by atomic mass is 9.83. The predicted molar refractivity (Wildman–Crippen MR) is 132 cm³/mol. The molecule has 7 heteroatoms. The summed E-state index contributed by atoms with van der Waals surface area (Å²) in [6.45, 7) is 2.56. The van der Waals surface area contributed by atoms with Crippen LogP contribution < -0.4 is 15.4 Å². The van der Waals surface area contributed by atoms with Crippen LogP contribution in [-0.2, 0) is 4.74 Å². The van der Waals surface area contributed by atoms with Crippen molar-refractivity contribution in [2.24, 2.45) is 10.4 Å². The van der Waals surface area contributed by atoms with Crippen LogP contribution in [0.4, 0.5) is 0 Å². The maximum atomic E-state index is 5.34. The Morgan fingerprint density at radius 3 is 2.31 bits per heavy atom. The Morgan fingerprint density at radius 1 is 1.14 bits per heavy atom. The van der Waals surface area contributed by atoms with Gasteiger partial charge in [0.25, 0.3) is 0 Å². The van der Waals surface area contributed by atoms with Crippen molar-refractivity contribution < 1.29 is 9.47 Å². The van der Waals surface area contributed by atoms with Crippen LogP contribution >= 0.6 is 24.0 Å². The molecule has 1 aliphatic rings. The Balaban J connectivity index is 0.00000420. The molecule has 0 saturated heterocycles. The average molecular weight is 518 g/mol. The van der Waals surface area contributed by atoms with Gasteiger partial charge in [-0.3, -0.25) is 4.99 Å². The number of likely N-dealkylation sites (N-methyl/N-ethyl adjacent to an activating group) is 1. The number of nitrogens with zero attached hydrogens (tertiary/aromatic N) is 2. The summed E-state index contributed by atoms with van der Waals surface area (Å²) in [6, 6.07) is 8.52. The summed E-state index contributed by atoms with van der Waals surface area (Å²) in [5, 5.41) is 7.08. The molecule has 1 aliphatic carbocycles. The van der Waals surface area contributed by atoms with Crippen molar-refractivity contribution in [3.8, 4) is 5.75 Å².